The van der Waals surface area contributed by atoms with Crippen molar-refractivity contribution in [2.75, 3.05) is 5.75 Å². The number of nitrogens with two attached hydrogens (primary N) is 1. The van der Waals surface area contributed by atoms with Crippen LogP contribution >= 0.6 is 25.3 Å². The molecule has 0 heterocycles. The van der Waals surface area contributed by atoms with E-state index in [0.29, 0.717) is 0 Å². The number of carbonyl (C=O) groups excluding carboxylic acids is 3. The van der Waals surface area contributed by atoms with Crippen LogP contribution < -0.4 is 16.4 Å². The molecule has 0 saturated heterocycles. The van der Waals surface area contributed by atoms with E-state index in [2.05, 4.69) is 35.9 Å². The van der Waals surface area contributed by atoms with Crippen molar-refractivity contribution >= 4 is 42.2 Å². The molecule has 132 valence electrons. The predicted molar refractivity (Wildman–Crippen MR) is 97.2 cm³/mol. The zero-order chi connectivity index (χ0) is 18.3. The van der Waals surface area contributed by atoms with Gasteiger partial charge in [0, 0.05) is 12.2 Å². The summed E-state index contributed by atoms with van der Waals surface area (Å²) in [5, 5.41) is 13.9. The lowest BCUT2D eigenvalue weighted by molar-refractivity contribution is -0.130. The molecular formula is C15H21N3O4S2. The van der Waals surface area contributed by atoms with E-state index in [1.165, 1.54) is 19.1 Å². The summed E-state index contributed by atoms with van der Waals surface area (Å²) in [6.45, 7) is 1.49. The molecule has 0 fully saturated rings. The molecule has 0 bridgehead atoms. The highest BCUT2D eigenvalue weighted by Gasteiger charge is 2.25. The number of rotatable bonds is 8. The SMILES string of the molecule is C[C@H](NC(=O)[C@H](Cc1ccc(O)cc1)NC(=O)[C@@H](N)CS)C(=O)S. The Kier molecular flexibility index (Phi) is 8.09. The van der Waals surface area contributed by atoms with Gasteiger partial charge in [-0.3, -0.25) is 14.4 Å². The first kappa shape index (κ1) is 20.3. The summed E-state index contributed by atoms with van der Waals surface area (Å²) in [6.07, 6.45) is 0.171. The minimum atomic E-state index is -0.928. The van der Waals surface area contributed by atoms with Crippen LogP contribution in [0.5, 0.6) is 5.75 Å². The smallest absolute Gasteiger partial charge is 0.243 e. The molecule has 7 nitrogen and oxygen atoms in total. The van der Waals surface area contributed by atoms with Gasteiger partial charge in [-0.1, -0.05) is 12.1 Å². The minimum absolute atomic E-state index is 0.0928. The molecule has 0 aliphatic carbocycles. The summed E-state index contributed by atoms with van der Waals surface area (Å²) in [7, 11) is 0. The van der Waals surface area contributed by atoms with Crippen molar-refractivity contribution in [3.63, 3.8) is 0 Å². The Morgan fingerprint density at radius 1 is 1.17 bits per heavy atom. The number of aromatic hydroxyl groups is 1. The van der Waals surface area contributed by atoms with Crippen LogP contribution in [-0.4, -0.2) is 45.9 Å². The third kappa shape index (κ3) is 6.42. The third-order valence-corrected chi connectivity index (χ3v) is 4.05. The van der Waals surface area contributed by atoms with Gasteiger partial charge >= 0.3 is 0 Å². The van der Waals surface area contributed by atoms with Gasteiger partial charge in [0.1, 0.15) is 11.8 Å². The molecule has 1 aromatic carbocycles. The molecule has 1 aromatic rings. The number of nitrogens with one attached hydrogen (secondary N) is 2. The van der Waals surface area contributed by atoms with Crippen molar-refractivity contribution < 1.29 is 19.5 Å². The number of phenols is 1. The van der Waals surface area contributed by atoms with Crippen LogP contribution in [0.15, 0.2) is 24.3 Å². The fourth-order valence-electron chi connectivity index (χ4n) is 1.81. The Labute approximate surface area is 151 Å². The normalized spacial score (nSPS) is 14.3. The van der Waals surface area contributed by atoms with Crippen molar-refractivity contribution in [2.45, 2.75) is 31.5 Å². The van der Waals surface area contributed by atoms with E-state index in [4.69, 9.17) is 5.73 Å². The van der Waals surface area contributed by atoms with E-state index in [9.17, 15) is 19.5 Å². The molecule has 9 heteroatoms. The van der Waals surface area contributed by atoms with E-state index in [-0.39, 0.29) is 17.9 Å². The van der Waals surface area contributed by atoms with Crippen molar-refractivity contribution in [1.29, 1.82) is 0 Å². The standard InChI is InChI=1S/C15H21N3O4S2/c1-8(15(22)24)17-14(21)12(18-13(20)11(16)7-23)6-9-2-4-10(19)5-3-9/h2-5,8,11-12,19,23H,6-7,16H2,1H3,(H,17,21)(H,18,20)(H,22,24)/t8-,11-,12-/m0/s1. The van der Waals surface area contributed by atoms with E-state index >= 15 is 0 Å². The summed E-state index contributed by atoms with van der Waals surface area (Å²) in [6, 6.07) is 3.65. The Balaban J connectivity index is 2.89. The topological polar surface area (TPSA) is 122 Å². The summed E-state index contributed by atoms with van der Waals surface area (Å²) in [4.78, 5) is 35.5. The Bertz CT molecular complexity index is 595. The number of hydrogen-bond donors (Lipinski definition) is 6. The number of thiol groups is 2. The summed E-state index contributed by atoms with van der Waals surface area (Å²) >= 11 is 7.62. The average Bonchev–Trinajstić information content (AvgIpc) is 2.54. The zero-order valence-corrected chi connectivity index (χ0v) is 14.9. The predicted octanol–water partition coefficient (Wildman–Crippen LogP) is -0.362. The lowest BCUT2D eigenvalue weighted by Crippen LogP contribution is -2.54. The van der Waals surface area contributed by atoms with Crippen molar-refractivity contribution in [3.8, 4) is 5.75 Å². The Morgan fingerprint density at radius 3 is 2.25 bits per heavy atom. The van der Waals surface area contributed by atoms with Gasteiger partial charge in [0.25, 0.3) is 0 Å². The highest BCUT2D eigenvalue weighted by Crippen LogP contribution is 2.11. The average molecular weight is 371 g/mol. The van der Waals surface area contributed by atoms with Gasteiger partial charge in [-0.15, -0.1) is 12.6 Å². The second-order valence-electron chi connectivity index (χ2n) is 5.29. The number of phenolic OH excluding ortho intramolecular Hbond substituents is 1. The van der Waals surface area contributed by atoms with E-state index in [1.54, 1.807) is 12.1 Å². The third-order valence-electron chi connectivity index (χ3n) is 3.27. The molecule has 2 amide bonds. The molecule has 0 aliphatic rings. The molecule has 0 radical (unpaired) electrons. The quantitative estimate of drug-likeness (QED) is 0.349. The molecule has 0 saturated carbocycles. The monoisotopic (exact) mass is 371 g/mol. The fourth-order valence-corrected chi connectivity index (χ4v) is 2.04. The van der Waals surface area contributed by atoms with Crippen LogP contribution in [-0.2, 0) is 20.8 Å². The molecule has 0 spiro atoms. The van der Waals surface area contributed by atoms with Gasteiger partial charge in [0.15, 0.2) is 0 Å². The van der Waals surface area contributed by atoms with Crippen molar-refractivity contribution in [3.05, 3.63) is 29.8 Å². The highest BCUT2D eigenvalue weighted by atomic mass is 32.1. The second kappa shape index (κ2) is 9.55. The fraction of sp³-hybridized carbons (Fsp3) is 0.400. The molecule has 0 aliphatic heterocycles. The maximum absolute atomic E-state index is 12.4. The molecule has 24 heavy (non-hydrogen) atoms. The zero-order valence-electron chi connectivity index (χ0n) is 13.1. The largest absolute Gasteiger partial charge is 0.508 e. The summed E-state index contributed by atoms with van der Waals surface area (Å²) in [5.74, 6) is -0.827. The van der Waals surface area contributed by atoms with Gasteiger partial charge in [0.2, 0.25) is 16.9 Å². The highest BCUT2D eigenvalue weighted by molar-refractivity contribution is 7.96. The van der Waals surface area contributed by atoms with E-state index in [1.807, 2.05) is 0 Å². The summed E-state index contributed by atoms with van der Waals surface area (Å²) in [5.41, 5.74) is 6.33. The van der Waals surface area contributed by atoms with Crippen LogP contribution in [0.25, 0.3) is 0 Å². The minimum Gasteiger partial charge on any atom is -0.508 e. The molecule has 0 aromatic heterocycles. The Morgan fingerprint density at radius 2 is 1.75 bits per heavy atom. The number of benzene rings is 1. The van der Waals surface area contributed by atoms with Gasteiger partial charge in [0.05, 0.1) is 12.1 Å². The summed E-state index contributed by atoms with van der Waals surface area (Å²) < 4.78 is 0. The first-order chi connectivity index (χ1) is 11.2. The molecule has 5 N–H and O–H groups in total. The molecule has 1 rings (SSSR count). The maximum Gasteiger partial charge on any atom is 0.243 e. The number of amides is 2. The lowest BCUT2D eigenvalue weighted by atomic mass is 10.0. The molecular weight excluding hydrogens is 350 g/mol. The van der Waals surface area contributed by atoms with Crippen molar-refractivity contribution in [1.82, 2.24) is 10.6 Å². The van der Waals surface area contributed by atoms with Crippen LogP contribution in [0.3, 0.4) is 0 Å². The van der Waals surface area contributed by atoms with Crippen LogP contribution in [0, 0.1) is 0 Å². The lowest BCUT2D eigenvalue weighted by Gasteiger charge is -2.21. The number of hydrogen-bond acceptors (Lipinski definition) is 6. The number of carbonyl (C=O) groups is 3. The first-order valence-corrected chi connectivity index (χ1v) is 8.30. The van der Waals surface area contributed by atoms with E-state index in [0.717, 1.165) is 5.56 Å². The maximum atomic E-state index is 12.4. The second-order valence-corrected chi connectivity index (χ2v) is 6.10. The van der Waals surface area contributed by atoms with Gasteiger partial charge < -0.3 is 21.5 Å². The Hall–Kier alpha value is -1.71. The van der Waals surface area contributed by atoms with Crippen molar-refractivity contribution in [2.24, 2.45) is 5.73 Å². The van der Waals surface area contributed by atoms with Gasteiger partial charge in [-0.05, 0) is 24.6 Å². The van der Waals surface area contributed by atoms with Crippen LogP contribution in [0.1, 0.15) is 12.5 Å². The first-order valence-electron chi connectivity index (χ1n) is 7.22. The van der Waals surface area contributed by atoms with Gasteiger partial charge in [-0.2, -0.15) is 12.6 Å². The van der Waals surface area contributed by atoms with Crippen LogP contribution in [0.2, 0.25) is 0 Å². The van der Waals surface area contributed by atoms with Gasteiger partial charge in [-0.25, -0.2) is 0 Å². The van der Waals surface area contributed by atoms with E-state index < -0.39 is 35.1 Å². The molecule has 3 atom stereocenters. The van der Waals surface area contributed by atoms with Crippen LogP contribution in [0.4, 0.5) is 0 Å². The molecule has 0 unspecified atom stereocenters.